The predicted molar refractivity (Wildman–Crippen MR) is 111 cm³/mol. The minimum atomic E-state index is -0.214. The van der Waals surface area contributed by atoms with Crippen molar-refractivity contribution in [2.75, 3.05) is 10.2 Å². The van der Waals surface area contributed by atoms with Crippen molar-refractivity contribution in [3.05, 3.63) is 59.2 Å². The van der Waals surface area contributed by atoms with E-state index in [2.05, 4.69) is 5.32 Å². The Bertz CT molecular complexity index is 999. The van der Waals surface area contributed by atoms with Gasteiger partial charge in [-0.1, -0.05) is 6.07 Å². The first kappa shape index (κ1) is 18.1. The van der Waals surface area contributed by atoms with E-state index in [-0.39, 0.29) is 29.6 Å². The lowest BCUT2D eigenvalue weighted by molar-refractivity contribution is -0.123. The van der Waals surface area contributed by atoms with E-state index < -0.39 is 0 Å². The molecular formula is C24H24N2O3. The Balaban J connectivity index is 1.34. The molecule has 2 saturated carbocycles. The highest BCUT2D eigenvalue weighted by Gasteiger charge is 2.61. The van der Waals surface area contributed by atoms with E-state index in [0.717, 1.165) is 30.5 Å². The van der Waals surface area contributed by atoms with Crippen LogP contribution in [0.3, 0.4) is 0 Å². The van der Waals surface area contributed by atoms with Crippen LogP contribution in [0.25, 0.3) is 0 Å². The van der Waals surface area contributed by atoms with Gasteiger partial charge in [0.1, 0.15) is 0 Å². The number of nitrogens with zero attached hydrogens (tertiary/aromatic N) is 1. The molecule has 148 valence electrons. The lowest BCUT2D eigenvalue weighted by Gasteiger charge is -2.19. The molecule has 5 heteroatoms. The highest BCUT2D eigenvalue weighted by Crippen LogP contribution is 2.56. The third-order valence-electron chi connectivity index (χ3n) is 7.08. The summed E-state index contributed by atoms with van der Waals surface area (Å²) < 4.78 is 0. The Labute approximate surface area is 170 Å². The van der Waals surface area contributed by atoms with Crippen molar-refractivity contribution in [2.45, 2.75) is 33.1 Å². The van der Waals surface area contributed by atoms with Crippen LogP contribution in [-0.4, -0.2) is 17.7 Å². The van der Waals surface area contributed by atoms with Crippen LogP contribution in [0.15, 0.2) is 42.5 Å². The molecule has 2 aromatic carbocycles. The SMILES string of the molecule is Cc1ccc(NC(=O)c2ccc(N3C(=O)[C@H]4[C@H]5CC[C@@H](C5)[C@@H]4C3=O)cc2)cc1C. The van der Waals surface area contributed by atoms with E-state index in [1.807, 2.05) is 32.0 Å². The molecule has 3 fully saturated rings. The zero-order valence-corrected chi connectivity index (χ0v) is 16.6. The number of amides is 3. The summed E-state index contributed by atoms with van der Waals surface area (Å²) in [7, 11) is 0. The highest BCUT2D eigenvalue weighted by molar-refractivity contribution is 6.22. The molecule has 0 spiro atoms. The second kappa shape index (κ2) is 6.55. The molecule has 1 N–H and O–H groups in total. The third kappa shape index (κ3) is 2.79. The Hall–Kier alpha value is -2.95. The van der Waals surface area contributed by atoms with Crippen molar-refractivity contribution in [3.8, 4) is 0 Å². The van der Waals surface area contributed by atoms with E-state index in [9.17, 15) is 14.4 Å². The monoisotopic (exact) mass is 388 g/mol. The topological polar surface area (TPSA) is 66.5 Å². The number of benzene rings is 2. The second-order valence-corrected chi connectivity index (χ2v) is 8.70. The summed E-state index contributed by atoms with van der Waals surface area (Å²) in [6.07, 6.45) is 3.16. The number of imide groups is 1. The van der Waals surface area contributed by atoms with Gasteiger partial charge >= 0.3 is 0 Å². The molecule has 5 rings (SSSR count). The van der Waals surface area contributed by atoms with E-state index in [1.54, 1.807) is 24.3 Å². The van der Waals surface area contributed by atoms with Crippen LogP contribution in [0, 0.1) is 37.5 Å². The molecule has 0 unspecified atom stereocenters. The molecule has 1 aliphatic heterocycles. The number of hydrogen-bond donors (Lipinski definition) is 1. The van der Waals surface area contributed by atoms with Gasteiger partial charge in [0.2, 0.25) is 11.8 Å². The van der Waals surface area contributed by atoms with Gasteiger partial charge in [0.05, 0.1) is 17.5 Å². The first-order valence-corrected chi connectivity index (χ1v) is 10.3. The molecule has 2 bridgehead atoms. The van der Waals surface area contributed by atoms with Crippen molar-refractivity contribution in [1.82, 2.24) is 0 Å². The van der Waals surface area contributed by atoms with Crippen LogP contribution >= 0.6 is 0 Å². The van der Waals surface area contributed by atoms with Crippen molar-refractivity contribution in [2.24, 2.45) is 23.7 Å². The van der Waals surface area contributed by atoms with Crippen molar-refractivity contribution in [3.63, 3.8) is 0 Å². The van der Waals surface area contributed by atoms with Gasteiger partial charge in [0.25, 0.3) is 5.91 Å². The first-order chi connectivity index (χ1) is 13.9. The first-order valence-electron chi connectivity index (χ1n) is 10.3. The summed E-state index contributed by atoms with van der Waals surface area (Å²) in [5.41, 5.74) is 4.09. The van der Waals surface area contributed by atoms with Gasteiger partial charge in [-0.25, -0.2) is 0 Å². The van der Waals surface area contributed by atoms with E-state index in [0.29, 0.717) is 23.1 Å². The normalized spacial score (nSPS) is 27.4. The molecule has 2 aliphatic carbocycles. The summed E-state index contributed by atoms with van der Waals surface area (Å²) in [6.45, 7) is 4.03. The maximum absolute atomic E-state index is 12.9. The van der Waals surface area contributed by atoms with Crippen LogP contribution in [0.5, 0.6) is 0 Å². The summed E-state index contributed by atoms with van der Waals surface area (Å²) in [4.78, 5) is 39.8. The van der Waals surface area contributed by atoms with Gasteiger partial charge in [-0.15, -0.1) is 0 Å². The fourth-order valence-corrected chi connectivity index (χ4v) is 5.45. The number of rotatable bonds is 3. The number of hydrogen-bond acceptors (Lipinski definition) is 3. The molecule has 5 nitrogen and oxygen atoms in total. The Morgan fingerprint density at radius 2 is 1.52 bits per heavy atom. The van der Waals surface area contributed by atoms with E-state index >= 15 is 0 Å². The summed E-state index contributed by atoms with van der Waals surface area (Å²) >= 11 is 0. The van der Waals surface area contributed by atoms with Crippen molar-refractivity contribution < 1.29 is 14.4 Å². The number of carbonyl (C=O) groups is 3. The van der Waals surface area contributed by atoms with E-state index in [4.69, 9.17) is 0 Å². The van der Waals surface area contributed by atoms with Gasteiger partial charge < -0.3 is 5.32 Å². The number of nitrogens with one attached hydrogen (secondary N) is 1. The molecule has 4 atom stereocenters. The molecule has 0 radical (unpaired) electrons. The van der Waals surface area contributed by atoms with Gasteiger partial charge in [-0.2, -0.15) is 0 Å². The summed E-state index contributed by atoms with van der Waals surface area (Å²) in [5.74, 6) is 0.153. The minimum absolute atomic E-state index is 0.0560. The zero-order valence-electron chi connectivity index (χ0n) is 16.6. The summed E-state index contributed by atoms with van der Waals surface area (Å²) in [5, 5.41) is 2.90. The smallest absolute Gasteiger partial charge is 0.255 e. The number of fused-ring (bicyclic) bond motifs is 5. The molecule has 1 heterocycles. The Morgan fingerprint density at radius 3 is 2.10 bits per heavy atom. The quantitative estimate of drug-likeness (QED) is 0.806. The van der Waals surface area contributed by atoms with Crippen LogP contribution in [0.4, 0.5) is 11.4 Å². The Morgan fingerprint density at radius 1 is 0.897 bits per heavy atom. The average Bonchev–Trinajstić information content (AvgIpc) is 3.39. The van der Waals surface area contributed by atoms with Crippen LogP contribution in [0.1, 0.15) is 40.7 Å². The van der Waals surface area contributed by atoms with Gasteiger partial charge in [0.15, 0.2) is 0 Å². The minimum Gasteiger partial charge on any atom is -0.322 e. The van der Waals surface area contributed by atoms with Gasteiger partial charge in [-0.3, -0.25) is 19.3 Å². The maximum Gasteiger partial charge on any atom is 0.255 e. The number of anilines is 2. The average molecular weight is 388 g/mol. The molecule has 3 aliphatic rings. The lowest BCUT2D eigenvalue weighted by Crippen LogP contribution is -2.32. The lowest BCUT2D eigenvalue weighted by atomic mass is 9.81. The molecular weight excluding hydrogens is 364 g/mol. The Kier molecular flexibility index (Phi) is 4.09. The molecule has 1 saturated heterocycles. The third-order valence-corrected chi connectivity index (χ3v) is 7.08. The van der Waals surface area contributed by atoms with Gasteiger partial charge in [-0.05, 0) is 92.5 Å². The molecule has 0 aromatic heterocycles. The fraction of sp³-hybridized carbons (Fsp3) is 0.375. The number of carbonyl (C=O) groups excluding carboxylic acids is 3. The van der Waals surface area contributed by atoms with Gasteiger partial charge in [0, 0.05) is 11.3 Å². The highest BCUT2D eigenvalue weighted by atomic mass is 16.2. The largest absolute Gasteiger partial charge is 0.322 e. The maximum atomic E-state index is 12.9. The zero-order chi connectivity index (χ0) is 20.3. The van der Waals surface area contributed by atoms with Crippen molar-refractivity contribution in [1.29, 1.82) is 0 Å². The number of aryl methyl sites for hydroxylation is 2. The second-order valence-electron chi connectivity index (χ2n) is 8.70. The van der Waals surface area contributed by atoms with Crippen LogP contribution in [-0.2, 0) is 9.59 Å². The standard InChI is InChI=1S/C24H24N2O3/c1-13-3-8-18(11-14(13)2)25-22(27)15-6-9-19(10-7-15)26-23(28)20-16-4-5-17(12-16)21(20)24(26)29/h3,6-11,16-17,20-21H,4-5,12H2,1-2H3,(H,25,27)/t16-,17-,20-,21-/m0/s1. The summed E-state index contributed by atoms with van der Waals surface area (Å²) in [6, 6.07) is 12.5. The molecule has 2 aromatic rings. The van der Waals surface area contributed by atoms with E-state index in [1.165, 1.54) is 10.5 Å². The predicted octanol–water partition coefficient (Wildman–Crippen LogP) is 4.09. The molecule has 29 heavy (non-hydrogen) atoms. The van der Waals surface area contributed by atoms with Crippen LogP contribution in [0.2, 0.25) is 0 Å². The van der Waals surface area contributed by atoms with Crippen LogP contribution < -0.4 is 10.2 Å². The molecule has 3 amide bonds. The van der Waals surface area contributed by atoms with Crippen molar-refractivity contribution >= 4 is 29.1 Å². The fourth-order valence-electron chi connectivity index (χ4n) is 5.45.